The number of allylic oxidation sites excluding steroid dienone is 1. The maximum Gasteiger partial charge on any atom is 0.201 e. The molecular formula is C20H23Cl2N4S+. The van der Waals surface area contributed by atoms with E-state index in [0.29, 0.717) is 20.4 Å². The van der Waals surface area contributed by atoms with E-state index in [1.807, 2.05) is 37.8 Å². The molecule has 1 unspecified atom stereocenters. The highest BCUT2D eigenvalue weighted by atomic mass is 35.5. The summed E-state index contributed by atoms with van der Waals surface area (Å²) < 4.78 is 0.588. The molecule has 0 saturated carbocycles. The second kappa shape index (κ2) is 8.76. The number of quaternary nitrogens is 1. The fraction of sp³-hybridized carbons (Fsp3) is 0.300. The summed E-state index contributed by atoms with van der Waals surface area (Å²) in [5.41, 5.74) is 2.25. The Labute approximate surface area is 174 Å². The Bertz CT molecular complexity index is 847. The third-order valence-electron chi connectivity index (χ3n) is 4.27. The van der Waals surface area contributed by atoms with Gasteiger partial charge in [0.15, 0.2) is 6.34 Å². The molecule has 0 saturated heterocycles. The van der Waals surface area contributed by atoms with Crippen molar-refractivity contribution in [1.82, 2.24) is 10.3 Å². The first-order valence-electron chi connectivity index (χ1n) is 8.78. The van der Waals surface area contributed by atoms with Crippen LogP contribution in [0.4, 0.5) is 0 Å². The van der Waals surface area contributed by atoms with Crippen molar-refractivity contribution in [1.29, 1.82) is 0 Å². The van der Waals surface area contributed by atoms with Crippen LogP contribution >= 0.6 is 35.0 Å². The quantitative estimate of drug-likeness (QED) is 0.596. The number of thioether (sulfide) groups is 1. The van der Waals surface area contributed by atoms with Gasteiger partial charge >= 0.3 is 0 Å². The van der Waals surface area contributed by atoms with Gasteiger partial charge in [-0.3, -0.25) is 10.3 Å². The Morgan fingerprint density at radius 3 is 2.52 bits per heavy atom. The van der Waals surface area contributed by atoms with Crippen LogP contribution in [0.5, 0.6) is 0 Å². The summed E-state index contributed by atoms with van der Waals surface area (Å²) >= 11 is 14.1. The third-order valence-corrected chi connectivity index (χ3v) is 5.94. The lowest BCUT2D eigenvalue weighted by atomic mass is 10.1. The molecule has 2 aromatic rings. The molecule has 1 aromatic carbocycles. The zero-order valence-corrected chi connectivity index (χ0v) is 17.9. The van der Waals surface area contributed by atoms with Crippen molar-refractivity contribution in [2.24, 2.45) is 10.9 Å². The number of aromatic nitrogens is 1. The van der Waals surface area contributed by atoms with Crippen molar-refractivity contribution < 1.29 is 4.48 Å². The number of benzene rings is 1. The van der Waals surface area contributed by atoms with Crippen LogP contribution in [0.1, 0.15) is 19.4 Å². The van der Waals surface area contributed by atoms with Gasteiger partial charge in [-0.05, 0) is 43.1 Å². The van der Waals surface area contributed by atoms with Crippen molar-refractivity contribution in [3.05, 3.63) is 69.1 Å². The van der Waals surface area contributed by atoms with Gasteiger partial charge < -0.3 is 0 Å². The number of rotatable bonds is 7. The first kappa shape index (κ1) is 20.4. The molecule has 7 heteroatoms. The number of hydrogen-bond acceptors (Lipinski definition) is 4. The topological polar surface area (TPSA) is 37.3 Å². The standard InChI is InChI=1S/C20H23Cl2N4S/c1-14(2)19-20(27-18-8-16(21)7-17(22)9-18)26(12-23-3,13-25-19)11-15-5-4-6-24-10-15/h4-10,13-14,23H,11-12H2,1-3H3/q+1. The Morgan fingerprint density at radius 2 is 1.93 bits per heavy atom. The van der Waals surface area contributed by atoms with Crippen LogP contribution in [0.2, 0.25) is 10.0 Å². The van der Waals surface area contributed by atoms with Gasteiger partial charge in [0.25, 0.3) is 0 Å². The van der Waals surface area contributed by atoms with E-state index in [1.165, 1.54) is 5.03 Å². The highest BCUT2D eigenvalue weighted by molar-refractivity contribution is 8.02. The minimum Gasteiger partial charge on any atom is -0.273 e. The van der Waals surface area contributed by atoms with E-state index >= 15 is 0 Å². The minimum absolute atomic E-state index is 0.309. The summed E-state index contributed by atoms with van der Waals surface area (Å²) in [5.74, 6) is 0.309. The molecule has 142 valence electrons. The molecule has 1 aliphatic heterocycles. The van der Waals surface area contributed by atoms with Crippen LogP contribution in [0, 0.1) is 5.92 Å². The molecule has 0 bridgehead atoms. The number of hydrogen-bond donors (Lipinski definition) is 1. The van der Waals surface area contributed by atoms with Crippen LogP contribution in [-0.2, 0) is 6.54 Å². The van der Waals surface area contributed by atoms with Gasteiger partial charge in [-0.1, -0.05) is 43.1 Å². The summed E-state index contributed by atoms with van der Waals surface area (Å²) in [4.78, 5) is 10.1. The summed E-state index contributed by atoms with van der Waals surface area (Å²) in [7, 11) is 1.96. The number of halogens is 2. The van der Waals surface area contributed by atoms with Crippen LogP contribution in [0.15, 0.2) is 63.3 Å². The van der Waals surface area contributed by atoms with Gasteiger partial charge in [-0.15, -0.1) is 0 Å². The number of aliphatic imine (C=N–C) groups is 1. The zero-order chi connectivity index (χ0) is 19.4. The van der Waals surface area contributed by atoms with Crippen molar-refractivity contribution in [3.63, 3.8) is 0 Å². The van der Waals surface area contributed by atoms with E-state index in [-0.39, 0.29) is 0 Å². The van der Waals surface area contributed by atoms with E-state index in [4.69, 9.17) is 28.2 Å². The molecule has 1 atom stereocenters. The van der Waals surface area contributed by atoms with E-state index in [2.05, 4.69) is 30.2 Å². The fourth-order valence-electron chi connectivity index (χ4n) is 3.13. The predicted octanol–water partition coefficient (Wildman–Crippen LogP) is 5.54. The molecule has 0 radical (unpaired) electrons. The SMILES string of the molecule is CNC[N+]1(Cc2cccnc2)C=NC(C(C)C)=C1Sc1cc(Cl)cc(Cl)c1. The van der Waals surface area contributed by atoms with Gasteiger partial charge in [-0.25, -0.2) is 9.48 Å². The van der Waals surface area contributed by atoms with E-state index in [1.54, 1.807) is 24.0 Å². The lowest BCUT2D eigenvalue weighted by molar-refractivity contribution is -0.802. The maximum absolute atomic E-state index is 6.23. The van der Waals surface area contributed by atoms with Gasteiger partial charge in [0.1, 0.15) is 18.9 Å². The Balaban J connectivity index is 2.04. The summed E-state index contributed by atoms with van der Waals surface area (Å²) in [6.45, 7) is 5.83. The average molecular weight is 422 g/mol. The Hall–Kier alpha value is -1.37. The predicted molar refractivity (Wildman–Crippen MR) is 115 cm³/mol. The molecule has 4 nitrogen and oxygen atoms in total. The van der Waals surface area contributed by atoms with Crippen LogP contribution in [0.25, 0.3) is 0 Å². The third kappa shape index (κ3) is 4.73. The lowest BCUT2D eigenvalue weighted by Gasteiger charge is -2.32. The number of pyridine rings is 1. The normalized spacial score (nSPS) is 19.3. The highest BCUT2D eigenvalue weighted by Gasteiger charge is 2.40. The summed E-state index contributed by atoms with van der Waals surface area (Å²) in [5, 5.41) is 5.78. The van der Waals surface area contributed by atoms with Gasteiger partial charge in [0.2, 0.25) is 5.03 Å². The first-order valence-corrected chi connectivity index (χ1v) is 10.3. The van der Waals surface area contributed by atoms with Crippen molar-refractivity contribution in [3.8, 4) is 0 Å². The van der Waals surface area contributed by atoms with Crippen LogP contribution in [-0.4, -0.2) is 29.5 Å². The van der Waals surface area contributed by atoms with Crippen molar-refractivity contribution >= 4 is 41.3 Å². The molecule has 3 rings (SSSR count). The summed E-state index contributed by atoms with van der Waals surface area (Å²) in [6, 6.07) is 9.71. The van der Waals surface area contributed by atoms with Crippen molar-refractivity contribution in [2.45, 2.75) is 25.3 Å². The molecule has 0 fully saturated rings. The molecule has 1 N–H and O–H groups in total. The number of nitrogens with one attached hydrogen (secondary N) is 1. The largest absolute Gasteiger partial charge is 0.273 e. The summed E-state index contributed by atoms with van der Waals surface area (Å²) in [6.07, 6.45) is 5.74. The smallest absolute Gasteiger partial charge is 0.201 e. The van der Waals surface area contributed by atoms with Crippen molar-refractivity contribution in [2.75, 3.05) is 13.7 Å². The first-order chi connectivity index (χ1) is 12.9. The fourth-order valence-corrected chi connectivity index (χ4v) is 5.13. The molecule has 0 spiro atoms. The van der Waals surface area contributed by atoms with E-state index in [0.717, 1.165) is 29.4 Å². The van der Waals surface area contributed by atoms with Crippen LogP contribution in [0.3, 0.4) is 0 Å². The zero-order valence-electron chi connectivity index (χ0n) is 15.6. The molecular weight excluding hydrogens is 399 g/mol. The molecule has 1 aromatic heterocycles. The molecule has 1 aliphatic rings. The highest BCUT2D eigenvalue weighted by Crippen LogP contribution is 2.43. The van der Waals surface area contributed by atoms with Crippen LogP contribution < -0.4 is 5.32 Å². The van der Waals surface area contributed by atoms with E-state index < -0.39 is 0 Å². The second-order valence-electron chi connectivity index (χ2n) is 6.86. The molecule has 27 heavy (non-hydrogen) atoms. The molecule has 2 heterocycles. The van der Waals surface area contributed by atoms with Gasteiger partial charge in [0.05, 0.1) is 0 Å². The number of nitrogens with zero attached hydrogens (tertiary/aromatic N) is 3. The monoisotopic (exact) mass is 421 g/mol. The van der Waals surface area contributed by atoms with Gasteiger partial charge in [0, 0.05) is 38.8 Å². The minimum atomic E-state index is 0.309. The van der Waals surface area contributed by atoms with E-state index in [9.17, 15) is 0 Å². The Kier molecular flexibility index (Phi) is 6.61. The average Bonchev–Trinajstić information content (AvgIpc) is 2.93. The molecule has 0 amide bonds. The lowest BCUT2D eigenvalue weighted by Crippen LogP contribution is -2.48. The Morgan fingerprint density at radius 1 is 1.19 bits per heavy atom. The van der Waals surface area contributed by atoms with Gasteiger partial charge in [-0.2, -0.15) is 0 Å². The molecule has 0 aliphatic carbocycles. The maximum atomic E-state index is 6.23. The second-order valence-corrected chi connectivity index (χ2v) is 8.80.